The first-order chi connectivity index (χ1) is 10.7. The summed E-state index contributed by atoms with van der Waals surface area (Å²) < 4.78 is 7.23. The molecule has 5 heteroatoms. The number of para-hydroxylation sites is 1. The van der Waals surface area contributed by atoms with Gasteiger partial charge in [0, 0.05) is 11.8 Å². The maximum atomic E-state index is 9.81. The van der Waals surface area contributed by atoms with E-state index in [2.05, 4.69) is 11.9 Å². The molecule has 5 nitrogen and oxygen atoms in total. The van der Waals surface area contributed by atoms with Crippen LogP contribution in [0.25, 0.3) is 16.9 Å². The maximum absolute atomic E-state index is 9.81. The summed E-state index contributed by atoms with van der Waals surface area (Å²) in [5.74, 6) is 0.792. The van der Waals surface area contributed by atoms with Crippen molar-refractivity contribution in [1.29, 1.82) is 0 Å². The van der Waals surface area contributed by atoms with Crippen molar-refractivity contribution in [1.82, 2.24) is 14.4 Å². The Balaban J connectivity index is 2.13. The average molecular weight is 297 g/mol. The molecule has 0 amide bonds. The third-order valence-corrected chi connectivity index (χ3v) is 3.64. The fourth-order valence-electron chi connectivity index (χ4n) is 2.55. The van der Waals surface area contributed by atoms with Gasteiger partial charge in [-0.3, -0.25) is 4.40 Å². The number of unbranched alkanes of at least 4 members (excludes halogenated alkanes) is 1. The van der Waals surface area contributed by atoms with Crippen molar-refractivity contribution in [2.45, 2.75) is 26.2 Å². The number of benzene rings is 1. The van der Waals surface area contributed by atoms with Gasteiger partial charge in [-0.2, -0.15) is 0 Å². The van der Waals surface area contributed by atoms with Gasteiger partial charge in [-0.25, -0.2) is 9.97 Å². The lowest BCUT2D eigenvalue weighted by Crippen LogP contribution is -1.96. The number of hydrogen-bond donors (Lipinski definition) is 1. The highest BCUT2D eigenvalue weighted by Crippen LogP contribution is 2.30. The van der Waals surface area contributed by atoms with Crippen molar-refractivity contribution in [2.24, 2.45) is 0 Å². The van der Waals surface area contributed by atoms with Crippen LogP contribution < -0.4 is 4.74 Å². The molecular formula is C17H19N3O2. The summed E-state index contributed by atoms with van der Waals surface area (Å²) in [5, 5.41) is 9.81. The first-order valence-corrected chi connectivity index (χ1v) is 7.44. The van der Waals surface area contributed by atoms with Gasteiger partial charge in [0.25, 0.3) is 0 Å². The lowest BCUT2D eigenvalue weighted by Gasteiger charge is -2.04. The van der Waals surface area contributed by atoms with Gasteiger partial charge in [0.1, 0.15) is 5.75 Å². The Morgan fingerprint density at radius 3 is 2.77 bits per heavy atom. The van der Waals surface area contributed by atoms with E-state index in [4.69, 9.17) is 9.72 Å². The summed E-state index contributed by atoms with van der Waals surface area (Å²) in [5.41, 5.74) is 3.34. The highest BCUT2D eigenvalue weighted by atomic mass is 16.5. The van der Waals surface area contributed by atoms with Gasteiger partial charge in [-0.05, 0) is 25.0 Å². The Bertz CT molecular complexity index is 796. The molecule has 0 unspecified atom stereocenters. The minimum atomic E-state index is 0.0163. The number of rotatable bonds is 5. The molecule has 0 saturated carbocycles. The first-order valence-electron chi connectivity index (χ1n) is 7.44. The molecule has 0 radical (unpaired) electrons. The zero-order valence-corrected chi connectivity index (χ0v) is 12.8. The summed E-state index contributed by atoms with van der Waals surface area (Å²) >= 11 is 0. The second kappa shape index (κ2) is 6.05. The van der Waals surface area contributed by atoms with Crippen LogP contribution in [0, 0.1) is 0 Å². The maximum Gasteiger partial charge on any atom is 0.228 e. The number of aromatic nitrogens is 3. The highest BCUT2D eigenvalue weighted by Gasteiger charge is 2.13. The Labute approximate surface area is 129 Å². The summed E-state index contributed by atoms with van der Waals surface area (Å²) in [6.07, 6.45) is 6.37. The van der Waals surface area contributed by atoms with Crippen molar-refractivity contribution < 1.29 is 9.84 Å². The van der Waals surface area contributed by atoms with Crippen molar-refractivity contribution in [2.75, 3.05) is 7.11 Å². The Morgan fingerprint density at radius 2 is 2.00 bits per heavy atom. The minimum absolute atomic E-state index is 0.0163. The van der Waals surface area contributed by atoms with Crippen molar-refractivity contribution in [3.63, 3.8) is 0 Å². The number of aryl methyl sites for hydroxylation is 1. The predicted molar refractivity (Wildman–Crippen MR) is 85.3 cm³/mol. The van der Waals surface area contributed by atoms with Gasteiger partial charge in [-0.15, -0.1) is 0 Å². The third kappa shape index (κ3) is 2.62. The van der Waals surface area contributed by atoms with Crippen molar-refractivity contribution >= 4 is 5.65 Å². The summed E-state index contributed by atoms with van der Waals surface area (Å²) in [7, 11) is 1.65. The molecule has 0 aliphatic rings. The van der Waals surface area contributed by atoms with Gasteiger partial charge in [0.2, 0.25) is 5.88 Å². The average Bonchev–Trinajstić information content (AvgIpc) is 2.96. The van der Waals surface area contributed by atoms with Gasteiger partial charge < -0.3 is 9.84 Å². The van der Waals surface area contributed by atoms with Crippen LogP contribution in [0.15, 0.2) is 36.7 Å². The van der Waals surface area contributed by atoms with Gasteiger partial charge >= 0.3 is 0 Å². The van der Waals surface area contributed by atoms with Crippen molar-refractivity contribution in [3.05, 3.63) is 42.4 Å². The van der Waals surface area contributed by atoms with E-state index in [1.165, 1.54) is 0 Å². The molecule has 2 aromatic heterocycles. The molecule has 0 aliphatic carbocycles. The number of fused-ring (bicyclic) bond motifs is 1. The second-order valence-electron chi connectivity index (χ2n) is 5.21. The predicted octanol–water partition coefficient (Wildman–Crippen LogP) is 3.45. The molecule has 0 aliphatic heterocycles. The molecule has 1 aromatic carbocycles. The van der Waals surface area contributed by atoms with E-state index in [9.17, 15) is 5.11 Å². The number of aromatic hydroxyl groups is 1. The third-order valence-electron chi connectivity index (χ3n) is 3.64. The zero-order valence-electron chi connectivity index (χ0n) is 12.8. The first kappa shape index (κ1) is 14.4. The van der Waals surface area contributed by atoms with Crippen LogP contribution in [0.1, 0.15) is 25.5 Å². The smallest absolute Gasteiger partial charge is 0.228 e. The van der Waals surface area contributed by atoms with E-state index in [1.54, 1.807) is 13.3 Å². The molecule has 2 heterocycles. The minimum Gasteiger partial charge on any atom is -0.496 e. The van der Waals surface area contributed by atoms with E-state index < -0.39 is 0 Å². The number of nitrogens with zero attached hydrogens (tertiary/aromatic N) is 3. The molecule has 114 valence electrons. The summed E-state index contributed by atoms with van der Waals surface area (Å²) in [6, 6.07) is 7.76. The number of imidazole rings is 1. The van der Waals surface area contributed by atoms with Crippen LogP contribution in [-0.2, 0) is 6.42 Å². The molecule has 3 rings (SSSR count). The zero-order chi connectivity index (χ0) is 15.5. The molecule has 3 aromatic rings. The number of methoxy groups -OCH3 is 1. The fraction of sp³-hybridized carbons (Fsp3) is 0.294. The van der Waals surface area contributed by atoms with E-state index in [1.807, 2.05) is 34.9 Å². The largest absolute Gasteiger partial charge is 0.496 e. The molecule has 0 saturated heterocycles. The topological polar surface area (TPSA) is 59.7 Å². The van der Waals surface area contributed by atoms with Gasteiger partial charge in [-0.1, -0.05) is 25.5 Å². The van der Waals surface area contributed by atoms with Crippen LogP contribution in [0.5, 0.6) is 11.6 Å². The monoisotopic (exact) mass is 297 g/mol. The second-order valence-corrected chi connectivity index (χ2v) is 5.21. The highest BCUT2D eigenvalue weighted by molar-refractivity contribution is 5.69. The molecule has 0 atom stereocenters. The van der Waals surface area contributed by atoms with Crippen LogP contribution in [0.4, 0.5) is 0 Å². The van der Waals surface area contributed by atoms with E-state index in [0.29, 0.717) is 0 Å². The van der Waals surface area contributed by atoms with Crippen LogP contribution >= 0.6 is 0 Å². The molecule has 0 spiro atoms. The number of ether oxygens (including phenoxy) is 1. The SMILES string of the molecule is CCCCc1nc(O)cn2cc(-c3ccccc3OC)nc12. The van der Waals surface area contributed by atoms with E-state index in [-0.39, 0.29) is 5.88 Å². The van der Waals surface area contributed by atoms with Gasteiger partial charge in [0.15, 0.2) is 5.65 Å². The van der Waals surface area contributed by atoms with E-state index in [0.717, 1.165) is 47.6 Å². The van der Waals surface area contributed by atoms with Crippen LogP contribution in [0.3, 0.4) is 0 Å². The molecule has 22 heavy (non-hydrogen) atoms. The summed E-state index contributed by atoms with van der Waals surface area (Å²) in [4.78, 5) is 8.92. The van der Waals surface area contributed by atoms with E-state index >= 15 is 0 Å². The fourth-order valence-corrected chi connectivity index (χ4v) is 2.55. The molecular weight excluding hydrogens is 278 g/mol. The quantitative estimate of drug-likeness (QED) is 0.783. The molecule has 1 N–H and O–H groups in total. The lowest BCUT2D eigenvalue weighted by molar-refractivity contribution is 0.416. The van der Waals surface area contributed by atoms with Crippen molar-refractivity contribution in [3.8, 4) is 22.9 Å². The molecule has 0 bridgehead atoms. The Hall–Kier alpha value is -2.56. The lowest BCUT2D eigenvalue weighted by atomic mass is 10.1. The normalized spacial score (nSPS) is 11.0. The van der Waals surface area contributed by atoms with Crippen LogP contribution in [-0.4, -0.2) is 26.6 Å². The Morgan fingerprint density at radius 1 is 1.18 bits per heavy atom. The summed E-state index contributed by atoms with van der Waals surface area (Å²) in [6.45, 7) is 2.13. The van der Waals surface area contributed by atoms with Gasteiger partial charge in [0.05, 0.1) is 24.7 Å². The van der Waals surface area contributed by atoms with Crippen LogP contribution in [0.2, 0.25) is 0 Å². The Kier molecular flexibility index (Phi) is 3.96. The molecule has 0 fully saturated rings. The number of hydrogen-bond acceptors (Lipinski definition) is 4. The standard InChI is InChI=1S/C17H19N3O2/c1-3-4-8-13-17-19-14(10-20(17)11-16(21)18-13)12-7-5-6-9-15(12)22-2/h5-7,9-11,21H,3-4,8H2,1-2H3.